The van der Waals surface area contributed by atoms with Crippen molar-refractivity contribution in [3.63, 3.8) is 0 Å². The van der Waals surface area contributed by atoms with Gasteiger partial charge in [-0.3, -0.25) is 0 Å². The van der Waals surface area contributed by atoms with Crippen LogP contribution in [0.25, 0.3) is 0 Å². The van der Waals surface area contributed by atoms with E-state index in [1.165, 1.54) is 89.9 Å². The summed E-state index contributed by atoms with van der Waals surface area (Å²) in [5.74, 6) is 0.702. The molecule has 2 nitrogen and oxygen atoms in total. The van der Waals surface area contributed by atoms with E-state index in [0.717, 1.165) is 12.8 Å². The average molecular weight is 315 g/mol. The molecule has 0 aromatic heterocycles. The van der Waals surface area contributed by atoms with Gasteiger partial charge in [-0.05, 0) is 18.8 Å². The van der Waals surface area contributed by atoms with Gasteiger partial charge in [0.1, 0.15) is 0 Å². The highest BCUT2D eigenvalue weighted by molar-refractivity contribution is 4.54. The average Bonchev–Trinajstić information content (AvgIpc) is 2.51. The van der Waals surface area contributed by atoms with Crippen LogP contribution in [0.15, 0.2) is 0 Å². The van der Waals surface area contributed by atoms with E-state index >= 15 is 0 Å². The van der Waals surface area contributed by atoms with E-state index < -0.39 is 0 Å². The maximum absolute atomic E-state index is 8.85. The Morgan fingerprint density at radius 3 is 1.18 bits per heavy atom. The number of hydrogen-bond acceptors (Lipinski definition) is 2. The van der Waals surface area contributed by atoms with Crippen LogP contribution >= 0.6 is 0 Å². The van der Waals surface area contributed by atoms with Gasteiger partial charge in [0.15, 0.2) is 0 Å². The molecule has 0 heterocycles. The lowest BCUT2D eigenvalue weighted by molar-refractivity contribution is 0.256. The Bertz CT molecular complexity index is 194. The van der Waals surface area contributed by atoms with Crippen LogP contribution < -0.4 is 0 Å². The molecule has 0 amide bonds. The number of hydrogen-bond donors (Lipinski definition) is 2. The minimum Gasteiger partial charge on any atom is -0.396 e. The number of aliphatic hydroxyl groups is 2. The van der Waals surface area contributed by atoms with E-state index in [1.54, 1.807) is 0 Å². The predicted octanol–water partition coefficient (Wildman–Crippen LogP) is 5.85. The van der Waals surface area contributed by atoms with Gasteiger partial charge in [0, 0.05) is 13.2 Å². The SMILES string of the molecule is CC(CCO)CCCCCCCCCCCCCCCCO. The fourth-order valence-corrected chi connectivity index (χ4v) is 3.09. The van der Waals surface area contributed by atoms with Crippen LogP contribution in [0, 0.1) is 5.92 Å². The van der Waals surface area contributed by atoms with Crippen LogP contribution in [0.2, 0.25) is 0 Å². The van der Waals surface area contributed by atoms with Gasteiger partial charge in [-0.25, -0.2) is 0 Å². The van der Waals surface area contributed by atoms with E-state index in [-0.39, 0.29) is 0 Å². The zero-order chi connectivity index (χ0) is 16.3. The molecule has 22 heavy (non-hydrogen) atoms. The Morgan fingerprint density at radius 1 is 0.455 bits per heavy atom. The van der Waals surface area contributed by atoms with Crippen molar-refractivity contribution in [3.05, 3.63) is 0 Å². The van der Waals surface area contributed by atoms with Crippen LogP contribution in [0.5, 0.6) is 0 Å². The second-order valence-corrected chi connectivity index (χ2v) is 7.08. The molecule has 0 aromatic rings. The molecule has 2 heteroatoms. The molecule has 0 aliphatic carbocycles. The maximum Gasteiger partial charge on any atom is 0.0433 e. The van der Waals surface area contributed by atoms with Gasteiger partial charge in [0.2, 0.25) is 0 Å². The third-order valence-electron chi connectivity index (χ3n) is 4.73. The summed E-state index contributed by atoms with van der Waals surface area (Å²) in [6, 6.07) is 0. The van der Waals surface area contributed by atoms with E-state index in [1.807, 2.05) is 0 Å². The van der Waals surface area contributed by atoms with Gasteiger partial charge >= 0.3 is 0 Å². The standard InChI is InChI=1S/C20H42O2/c1-20(17-19-22)16-14-12-10-8-6-4-2-3-5-7-9-11-13-15-18-21/h20-22H,2-19H2,1H3. The molecule has 0 spiro atoms. The Morgan fingerprint density at radius 2 is 0.818 bits per heavy atom. The Labute approximate surface area is 139 Å². The van der Waals surface area contributed by atoms with E-state index in [9.17, 15) is 0 Å². The maximum atomic E-state index is 8.85. The second-order valence-electron chi connectivity index (χ2n) is 7.08. The lowest BCUT2D eigenvalue weighted by Gasteiger charge is -2.08. The first kappa shape index (κ1) is 21.9. The molecule has 0 saturated heterocycles. The zero-order valence-corrected chi connectivity index (χ0v) is 15.2. The lowest BCUT2D eigenvalue weighted by atomic mass is 9.99. The highest BCUT2D eigenvalue weighted by Crippen LogP contribution is 2.15. The van der Waals surface area contributed by atoms with Gasteiger partial charge < -0.3 is 10.2 Å². The van der Waals surface area contributed by atoms with Crippen molar-refractivity contribution in [2.24, 2.45) is 5.92 Å². The predicted molar refractivity (Wildman–Crippen MR) is 97.2 cm³/mol. The summed E-state index contributed by atoms with van der Waals surface area (Å²) in [6.07, 6.45) is 21.1. The highest BCUT2D eigenvalue weighted by Gasteiger charge is 2.00. The van der Waals surface area contributed by atoms with Crippen molar-refractivity contribution in [2.45, 2.75) is 110 Å². The van der Waals surface area contributed by atoms with Crippen LogP contribution in [-0.4, -0.2) is 23.4 Å². The first-order valence-electron chi connectivity index (χ1n) is 10.0. The fourth-order valence-electron chi connectivity index (χ4n) is 3.09. The van der Waals surface area contributed by atoms with Crippen molar-refractivity contribution in [1.29, 1.82) is 0 Å². The normalized spacial score (nSPS) is 12.7. The molecule has 0 fully saturated rings. The summed E-state index contributed by atoms with van der Waals surface area (Å²) in [5.41, 5.74) is 0. The van der Waals surface area contributed by atoms with E-state index in [4.69, 9.17) is 10.2 Å². The summed E-state index contributed by atoms with van der Waals surface area (Å²) in [5, 5.41) is 17.5. The molecule has 1 atom stereocenters. The quantitative estimate of drug-likeness (QED) is 0.312. The first-order chi connectivity index (χ1) is 10.8. The topological polar surface area (TPSA) is 40.5 Å². The fraction of sp³-hybridized carbons (Fsp3) is 1.00. The van der Waals surface area contributed by atoms with Gasteiger partial charge in [0.25, 0.3) is 0 Å². The van der Waals surface area contributed by atoms with Gasteiger partial charge in [-0.1, -0.05) is 96.8 Å². The molecular weight excluding hydrogens is 272 g/mol. The smallest absolute Gasteiger partial charge is 0.0433 e. The molecule has 0 radical (unpaired) electrons. The first-order valence-corrected chi connectivity index (χ1v) is 10.0. The molecular formula is C20H42O2. The molecule has 0 aromatic carbocycles. The van der Waals surface area contributed by atoms with Crippen molar-refractivity contribution in [1.82, 2.24) is 0 Å². The largest absolute Gasteiger partial charge is 0.396 e. The van der Waals surface area contributed by atoms with E-state index in [0.29, 0.717) is 19.1 Å². The Balaban J connectivity index is 3.00. The second kappa shape index (κ2) is 19.0. The lowest BCUT2D eigenvalue weighted by Crippen LogP contribution is -1.97. The van der Waals surface area contributed by atoms with Crippen LogP contribution in [-0.2, 0) is 0 Å². The molecule has 0 aliphatic heterocycles. The summed E-state index contributed by atoms with van der Waals surface area (Å²) < 4.78 is 0. The molecule has 134 valence electrons. The van der Waals surface area contributed by atoms with Crippen molar-refractivity contribution < 1.29 is 10.2 Å². The highest BCUT2D eigenvalue weighted by atomic mass is 16.3. The number of aliphatic hydroxyl groups excluding tert-OH is 2. The van der Waals surface area contributed by atoms with E-state index in [2.05, 4.69) is 6.92 Å². The molecule has 0 bridgehead atoms. The molecule has 1 unspecified atom stereocenters. The van der Waals surface area contributed by atoms with Crippen LogP contribution in [0.3, 0.4) is 0 Å². The van der Waals surface area contributed by atoms with Crippen molar-refractivity contribution in [3.8, 4) is 0 Å². The van der Waals surface area contributed by atoms with Crippen LogP contribution in [0.1, 0.15) is 110 Å². The third kappa shape index (κ3) is 18.0. The van der Waals surface area contributed by atoms with Crippen molar-refractivity contribution >= 4 is 0 Å². The minimum atomic E-state index is 0.351. The Kier molecular flexibility index (Phi) is 18.9. The zero-order valence-electron chi connectivity index (χ0n) is 15.2. The summed E-state index contributed by atoms with van der Waals surface area (Å²) in [4.78, 5) is 0. The molecule has 0 rings (SSSR count). The van der Waals surface area contributed by atoms with Gasteiger partial charge in [0.05, 0.1) is 0 Å². The third-order valence-corrected chi connectivity index (χ3v) is 4.73. The van der Waals surface area contributed by atoms with Crippen molar-refractivity contribution in [2.75, 3.05) is 13.2 Å². The number of rotatable bonds is 18. The number of unbranched alkanes of at least 4 members (excludes halogenated alkanes) is 13. The Hall–Kier alpha value is -0.0800. The molecule has 0 saturated carbocycles. The molecule has 2 N–H and O–H groups in total. The summed E-state index contributed by atoms with van der Waals surface area (Å²) in [7, 11) is 0. The van der Waals surface area contributed by atoms with Crippen LogP contribution in [0.4, 0.5) is 0 Å². The van der Waals surface area contributed by atoms with Gasteiger partial charge in [-0.15, -0.1) is 0 Å². The van der Waals surface area contributed by atoms with Gasteiger partial charge in [-0.2, -0.15) is 0 Å². The minimum absolute atomic E-state index is 0.351. The molecule has 0 aliphatic rings. The monoisotopic (exact) mass is 314 g/mol. The summed E-state index contributed by atoms with van der Waals surface area (Å²) >= 11 is 0. The summed E-state index contributed by atoms with van der Waals surface area (Å²) in [6.45, 7) is 2.97.